The van der Waals surface area contributed by atoms with E-state index in [-0.39, 0.29) is 24.3 Å². The van der Waals surface area contributed by atoms with Gasteiger partial charge < -0.3 is 14.6 Å². The molecule has 3 rings (SSSR count). The SMILES string of the molecule is CCOc1ccc(-c2nc(CC(=O)N[C@@H](c3nccn3C)C(C)C)cs2)cc1. The number of hydrogen-bond acceptors (Lipinski definition) is 5. The summed E-state index contributed by atoms with van der Waals surface area (Å²) in [5.74, 6) is 1.89. The topological polar surface area (TPSA) is 69.0 Å². The predicted octanol–water partition coefficient (Wildman–Crippen LogP) is 4.00. The van der Waals surface area contributed by atoms with Crippen LogP contribution in [0.1, 0.15) is 38.3 Å². The molecule has 0 saturated carbocycles. The van der Waals surface area contributed by atoms with Crippen molar-refractivity contribution in [1.29, 1.82) is 0 Å². The number of hydrogen-bond donors (Lipinski definition) is 1. The van der Waals surface area contributed by atoms with Gasteiger partial charge in [-0.2, -0.15) is 0 Å². The maximum absolute atomic E-state index is 12.6. The fourth-order valence-electron chi connectivity index (χ4n) is 2.98. The molecule has 0 aliphatic heterocycles. The second-order valence-corrected chi connectivity index (χ2v) is 7.82. The van der Waals surface area contributed by atoms with E-state index in [0.29, 0.717) is 6.61 Å². The number of imidazole rings is 1. The Bertz CT molecular complexity index is 915. The molecule has 0 bridgehead atoms. The zero-order valence-corrected chi connectivity index (χ0v) is 17.5. The molecule has 1 atom stereocenters. The van der Waals surface area contributed by atoms with Crippen molar-refractivity contribution >= 4 is 17.2 Å². The summed E-state index contributed by atoms with van der Waals surface area (Å²) in [6, 6.07) is 7.73. The van der Waals surface area contributed by atoms with Gasteiger partial charge in [-0.3, -0.25) is 4.79 Å². The lowest BCUT2D eigenvalue weighted by molar-refractivity contribution is -0.121. The Balaban J connectivity index is 1.65. The minimum atomic E-state index is -0.128. The van der Waals surface area contributed by atoms with Crippen molar-refractivity contribution in [3.05, 3.63) is 53.6 Å². The summed E-state index contributed by atoms with van der Waals surface area (Å²) in [6.45, 7) is 6.76. The summed E-state index contributed by atoms with van der Waals surface area (Å²) in [4.78, 5) is 21.6. The standard InChI is InChI=1S/C21H26N4O2S/c1-5-27-17-8-6-15(7-9-17)21-23-16(13-28-21)12-18(26)24-19(14(2)3)20-22-10-11-25(20)4/h6-11,13-14,19H,5,12H2,1-4H3,(H,24,26)/t19-/m1/s1. The Hall–Kier alpha value is -2.67. The fourth-order valence-corrected chi connectivity index (χ4v) is 3.80. The molecule has 0 fully saturated rings. The zero-order chi connectivity index (χ0) is 20.1. The van der Waals surface area contributed by atoms with Gasteiger partial charge in [0.05, 0.1) is 24.8 Å². The largest absolute Gasteiger partial charge is 0.494 e. The molecule has 148 valence electrons. The number of carbonyl (C=O) groups excluding carboxylic acids is 1. The van der Waals surface area contributed by atoms with Gasteiger partial charge in [0.25, 0.3) is 0 Å². The van der Waals surface area contributed by atoms with Crippen LogP contribution in [0.15, 0.2) is 42.0 Å². The van der Waals surface area contributed by atoms with Gasteiger partial charge in [0.1, 0.15) is 16.6 Å². The van der Waals surface area contributed by atoms with Crippen molar-refractivity contribution in [3.63, 3.8) is 0 Å². The molecule has 7 heteroatoms. The van der Waals surface area contributed by atoms with Crippen molar-refractivity contribution in [2.45, 2.75) is 33.2 Å². The van der Waals surface area contributed by atoms with Crippen LogP contribution in [-0.2, 0) is 18.3 Å². The molecule has 0 saturated heterocycles. The van der Waals surface area contributed by atoms with Gasteiger partial charge >= 0.3 is 0 Å². The van der Waals surface area contributed by atoms with Crippen LogP contribution in [0.25, 0.3) is 10.6 Å². The molecule has 2 aromatic heterocycles. The second kappa shape index (κ2) is 9.01. The third-order valence-electron chi connectivity index (χ3n) is 4.43. The van der Waals surface area contributed by atoms with Crippen molar-refractivity contribution in [2.75, 3.05) is 6.61 Å². The number of ether oxygens (including phenoxy) is 1. The summed E-state index contributed by atoms with van der Waals surface area (Å²) < 4.78 is 7.42. The molecular formula is C21H26N4O2S. The van der Waals surface area contributed by atoms with E-state index >= 15 is 0 Å². The van der Waals surface area contributed by atoms with Gasteiger partial charge in [0.15, 0.2) is 0 Å². The van der Waals surface area contributed by atoms with Crippen molar-refractivity contribution in [1.82, 2.24) is 19.9 Å². The first-order chi connectivity index (χ1) is 13.5. The summed E-state index contributed by atoms with van der Waals surface area (Å²) >= 11 is 1.54. The normalized spacial score (nSPS) is 12.2. The Morgan fingerprint density at radius 1 is 1.29 bits per heavy atom. The van der Waals surface area contributed by atoms with Crippen LogP contribution >= 0.6 is 11.3 Å². The van der Waals surface area contributed by atoms with Gasteiger partial charge in [-0.1, -0.05) is 13.8 Å². The second-order valence-electron chi connectivity index (χ2n) is 6.96. The number of aromatic nitrogens is 3. The number of amides is 1. The van der Waals surface area contributed by atoms with E-state index < -0.39 is 0 Å². The van der Waals surface area contributed by atoms with Gasteiger partial charge in [0, 0.05) is 30.4 Å². The van der Waals surface area contributed by atoms with E-state index in [4.69, 9.17) is 4.74 Å². The molecule has 28 heavy (non-hydrogen) atoms. The van der Waals surface area contributed by atoms with E-state index in [0.717, 1.165) is 27.8 Å². The summed E-state index contributed by atoms with van der Waals surface area (Å²) in [5.41, 5.74) is 1.79. The summed E-state index contributed by atoms with van der Waals surface area (Å²) in [7, 11) is 1.94. The molecule has 0 spiro atoms. The van der Waals surface area contributed by atoms with Crippen LogP contribution in [0.4, 0.5) is 0 Å². The van der Waals surface area contributed by atoms with Crippen LogP contribution in [0.5, 0.6) is 5.75 Å². The molecule has 3 aromatic rings. The first-order valence-electron chi connectivity index (χ1n) is 9.42. The average Bonchev–Trinajstić information content (AvgIpc) is 3.29. The number of aryl methyl sites for hydroxylation is 1. The Morgan fingerprint density at radius 3 is 2.64 bits per heavy atom. The van der Waals surface area contributed by atoms with Crippen LogP contribution in [0.3, 0.4) is 0 Å². The highest BCUT2D eigenvalue weighted by atomic mass is 32.1. The Morgan fingerprint density at radius 2 is 2.04 bits per heavy atom. The molecule has 2 heterocycles. The molecule has 6 nitrogen and oxygen atoms in total. The lowest BCUT2D eigenvalue weighted by Gasteiger charge is -2.21. The first-order valence-corrected chi connectivity index (χ1v) is 10.3. The highest BCUT2D eigenvalue weighted by Gasteiger charge is 2.22. The Kier molecular flexibility index (Phi) is 6.46. The Labute approximate surface area is 169 Å². The fraction of sp³-hybridized carbons (Fsp3) is 0.381. The number of nitrogens with one attached hydrogen (secondary N) is 1. The maximum atomic E-state index is 12.6. The van der Waals surface area contributed by atoms with Gasteiger partial charge in [-0.25, -0.2) is 9.97 Å². The van der Waals surface area contributed by atoms with Crippen molar-refractivity contribution in [3.8, 4) is 16.3 Å². The average molecular weight is 399 g/mol. The highest BCUT2D eigenvalue weighted by molar-refractivity contribution is 7.13. The monoisotopic (exact) mass is 398 g/mol. The molecule has 0 aliphatic rings. The molecule has 1 amide bonds. The number of thiazole rings is 1. The molecule has 0 radical (unpaired) electrons. The van der Waals surface area contributed by atoms with Gasteiger partial charge in [0.2, 0.25) is 5.91 Å². The molecule has 1 N–H and O–H groups in total. The number of rotatable bonds is 8. The van der Waals surface area contributed by atoms with Crippen LogP contribution in [0, 0.1) is 5.92 Å². The van der Waals surface area contributed by atoms with Crippen LogP contribution in [-0.4, -0.2) is 27.0 Å². The molecule has 1 aromatic carbocycles. The van der Waals surface area contributed by atoms with Crippen LogP contribution < -0.4 is 10.1 Å². The van der Waals surface area contributed by atoms with E-state index in [1.807, 2.05) is 54.4 Å². The van der Waals surface area contributed by atoms with Gasteiger partial charge in [-0.15, -0.1) is 11.3 Å². The number of carbonyl (C=O) groups is 1. The number of benzene rings is 1. The van der Waals surface area contributed by atoms with Crippen LogP contribution in [0.2, 0.25) is 0 Å². The summed E-state index contributed by atoms with van der Waals surface area (Å²) in [6.07, 6.45) is 3.89. The third kappa shape index (κ3) is 4.78. The molecular weight excluding hydrogens is 372 g/mol. The third-order valence-corrected chi connectivity index (χ3v) is 5.37. The minimum Gasteiger partial charge on any atom is -0.494 e. The van der Waals surface area contributed by atoms with E-state index in [1.54, 1.807) is 17.5 Å². The first kappa shape index (κ1) is 20.1. The predicted molar refractivity (Wildman–Crippen MR) is 111 cm³/mol. The lowest BCUT2D eigenvalue weighted by atomic mass is 10.0. The molecule has 0 unspecified atom stereocenters. The minimum absolute atomic E-state index is 0.0507. The zero-order valence-electron chi connectivity index (χ0n) is 16.7. The van der Waals surface area contributed by atoms with Gasteiger partial charge in [-0.05, 0) is 37.1 Å². The highest BCUT2D eigenvalue weighted by Crippen LogP contribution is 2.26. The van der Waals surface area contributed by atoms with Crippen molar-refractivity contribution in [2.24, 2.45) is 13.0 Å². The smallest absolute Gasteiger partial charge is 0.226 e. The quantitative estimate of drug-likeness (QED) is 0.623. The molecule has 0 aliphatic carbocycles. The summed E-state index contributed by atoms with van der Waals surface area (Å²) in [5, 5.41) is 5.94. The lowest BCUT2D eigenvalue weighted by Crippen LogP contribution is -2.34. The maximum Gasteiger partial charge on any atom is 0.226 e. The van der Waals surface area contributed by atoms with E-state index in [1.165, 1.54) is 0 Å². The van der Waals surface area contributed by atoms with E-state index in [2.05, 4.69) is 29.1 Å². The number of nitrogens with zero attached hydrogens (tertiary/aromatic N) is 3. The van der Waals surface area contributed by atoms with E-state index in [9.17, 15) is 4.79 Å². The van der Waals surface area contributed by atoms with Crippen molar-refractivity contribution < 1.29 is 9.53 Å².